The van der Waals surface area contributed by atoms with Crippen molar-refractivity contribution in [3.8, 4) is 5.75 Å². The number of rotatable bonds is 7. The molecule has 0 fully saturated rings. The first-order valence-corrected chi connectivity index (χ1v) is 9.56. The van der Waals surface area contributed by atoms with Gasteiger partial charge in [0, 0.05) is 23.3 Å². The monoisotopic (exact) mass is 385 g/mol. The molecule has 1 heterocycles. The van der Waals surface area contributed by atoms with Crippen molar-refractivity contribution in [2.45, 2.75) is 32.1 Å². The van der Waals surface area contributed by atoms with Crippen LogP contribution in [0.15, 0.2) is 48.2 Å². The fraction of sp³-hybridized carbons (Fsp3) is 0.333. The lowest BCUT2D eigenvalue weighted by Gasteiger charge is -2.13. The van der Waals surface area contributed by atoms with E-state index in [0.29, 0.717) is 27.8 Å². The van der Waals surface area contributed by atoms with Gasteiger partial charge in [-0.3, -0.25) is 4.79 Å². The van der Waals surface area contributed by atoms with Crippen LogP contribution in [0.3, 0.4) is 0 Å². The third-order valence-electron chi connectivity index (χ3n) is 4.57. The largest absolute Gasteiger partial charge is 0.495 e. The molecule has 0 saturated heterocycles. The second-order valence-electron chi connectivity index (χ2n) is 6.51. The van der Waals surface area contributed by atoms with Gasteiger partial charge in [-0.1, -0.05) is 23.3 Å². The number of hydrogen-bond donors (Lipinski definition) is 2. The summed E-state index contributed by atoms with van der Waals surface area (Å²) in [5.74, 6) is 1.01. The molecule has 1 amide bonds. The number of allylic oxidation sites excluding steroid dienone is 1. The first-order valence-electron chi connectivity index (χ1n) is 9.18. The lowest BCUT2D eigenvalue weighted by atomic mass is 9.97. The number of anilines is 2. The highest BCUT2D eigenvalue weighted by Gasteiger charge is 2.11. The summed E-state index contributed by atoms with van der Waals surface area (Å²) < 4.78 is 5.27. The van der Waals surface area contributed by atoms with Gasteiger partial charge in [0.15, 0.2) is 0 Å². The number of nitrogens with zero attached hydrogens (tertiary/aromatic N) is 1. The van der Waals surface area contributed by atoms with Gasteiger partial charge in [0.2, 0.25) is 0 Å². The van der Waals surface area contributed by atoms with Gasteiger partial charge in [0.1, 0.15) is 11.6 Å². The minimum absolute atomic E-state index is 0.240. The van der Waals surface area contributed by atoms with Crippen molar-refractivity contribution in [1.82, 2.24) is 4.98 Å². The van der Waals surface area contributed by atoms with E-state index in [1.54, 1.807) is 43.6 Å². The van der Waals surface area contributed by atoms with E-state index in [2.05, 4.69) is 21.7 Å². The number of benzene rings is 1. The number of carbonyl (C=O) groups excluding carboxylic acids is 1. The molecule has 1 aromatic heterocycles. The van der Waals surface area contributed by atoms with E-state index < -0.39 is 0 Å². The molecule has 1 aromatic carbocycles. The highest BCUT2D eigenvalue weighted by atomic mass is 35.5. The molecule has 3 rings (SSSR count). The Balaban J connectivity index is 1.61. The van der Waals surface area contributed by atoms with Crippen LogP contribution < -0.4 is 15.4 Å². The number of halogens is 1. The van der Waals surface area contributed by atoms with Crippen LogP contribution in [-0.2, 0) is 0 Å². The summed E-state index contributed by atoms with van der Waals surface area (Å²) in [7, 11) is 1.55. The average Bonchev–Trinajstić information content (AvgIpc) is 2.69. The third kappa shape index (κ3) is 5.47. The van der Waals surface area contributed by atoms with Crippen molar-refractivity contribution in [3.63, 3.8) is 0 Å². The maximum atomic E-state index is 12.6. The molecule has 0 unspecified atom stereocenters. The van der Waals surface area contributed by atoms with E-state index in [1.807, 2.05) is 0 Å². The molecule has 0 saturated carbocycles. The van der Waals surface area contributed by atoms with Crippen molar-refractivity contribution in [1.29, 1.82) is 0 Å². The summed E-state index contributed by atoms with van der Waals surface area (Å²) in [6, 6.07) is 8.53. The van der Waals surface area contributed by atoms with Gasteiger partial charge in [0.25, 0.3) is 5.91 Å². The number of amides is 1. The Kier molecular flexibility index (Phi) is 6.71. The molecule has 27 heavy (non-hydrogen) atoms. The van der Waals surface area contributed by atoms with Crippen LogP contribution in [-0.4, -0.2) is 24.5 Å². The van der Waals surface area contributed by atoms with Gasteiger partial charge in [-0.2, -0.15) is 0 Å². The average molecular weight is 386 g/mol. The number of pyridine rings is 1. The van der Waals surface area contributed by atoms with Gasteiger partial charge in [0.05, 0.1) is 12.8 Å². The van der Waals surface area contributed by atoms with E-state index in [9.17, 15) is 4.79 Å². The van der Waals surface area contributed by atoms with Crippen molar-refractivity contribution in [2.75, 3.05) is 24.3 Å². The maximum absolute atomic E-state index is 12.6. The smallest absolute Gasteiger partial charge is 0.255 e. The predicted molar refractivity (Wildman–Crippen MR) is 110 cm³/mol. The molecule has 142 valence electrons. The van der Waals surface area contributed by atoms with Crippen LogP contribution in [0.4, 0.5) is 11.5 Å². The molecule has 1 aliphatic carbocycles. The highest BCUT2D eigenvalue weighted by molar-refractivity contribution is 6.31. The number of methoxy groups -OCH3 is 1. The summed E-state index contributed by atoms with van der Waals surface area (Å²) in [5, 5.41) is 6.67. The predicted octanol–water partition coefficient (Wildman–Crippen LogP) is 5.30. The first-order chi connectivity index (χ1) is 13.2. The van der Waals surface area contributed by atoms with E-state index in [4.69, 9.17) is 16.3 Å². The zero-order valence-corrected chi connectivity index (χ0v) is 16.2. The number of carbonyl (C=O) groups is 1. The van der Waals surface area contributed by atoms with Gasteiger partial charge in [-0.25, -0.2) is 4.98 Å². The summed E-state index contributed by atoms with van der Waals surface area (Å²) >= 11 is 6.02. The van der Waals surface area contributed by atoms with Gasteiger partial charge < -0.3 is 15.4 Å². The molecule has 0 bridgehead atoms. The van der Waals surface area contributed by atoms with Gasteiger partial charge in [-0.05, 0) is 62.4 Å². The molecule has 6 heteroatoms. The van der Waals surface area contributed by atoms with E-state index >= 15 is 0 Å². The van der Waals surface area contributed by atoms with Crippen LogP contribution >= 0.6 is 11.6 Å². The van der Waals surface area contributed by atoms with Crippen molar-refractivity contribution >= 4 is 29.0 Å². The summed E-state index contributed by atoms with van der Waals surface area (Å²) in [4.78, 5) is 16.9. The topological polar surface area (TPSA) is 63.2 Å². The molecule has 0 atom stereocenters. The van der Waals surface area contributed by atoms with E-state index in [-0.39, 0.29) is 5.91 Å². The van der Waals surface area contributed by atoms with Crippen LogP contribution in [0, 0.1) is 0 Å². The Morgan fingerprint density at radius 1 is 1.26 bits per heavy atom. The lowest BCUT2D eigenvalue weighted by molar-refractivity contribution is 0.102. The fourth-order valence-corrected chi connectivity index (χ4v) is 3.30. The van der Waals surface area contributed by atoms with Crippen LogP contribution in [0.25, 0.3) is 0 Å². The Morgan fingerprint density at radius 3 is 2.93 bits per heavy atom. The number of ether oxygens (including phenoxy) is 1. The summed E-state index contributed by atoms with van der Waals surface area (Å²) in [6.07, 6.45) is 9.96. The molecule has 2 N–H and O–H groups in total. The van der Waals surface area contributed by atoms with Crippen molar-refractivity contribution in [2.24, 2.45) is 0 Å². The molecular formula is C21H24ClN3O2. The molecular weight excluding hydrogens is 362 g/mol. The van der Waals surface area contributed by atoms with E-state index in [1.165, 1.54) is 31.3 Å². The van der Waals surface area contributed by atoms with Crippen LogP contribution in [0.2, 0.25) is 5.02 Å². The molecule has 0 spiro atoms. The van der Waals surface area contributed by atoms with Crippen molar-refractivity contribution < 1.29 is 9.53 Å². The molecule has 0 radical (unpaired) electrons. The molecule has 5 nitrogen and oxygen atoms in total. The standard InChI is InChI=1S/C21H24ClN3O2/c1-27-19-8-7-17(22)14-18(19)25-21(26)16-10-12-24-20(13-16)23-11-9-15-5-3-2-4-6-15/h5,7-8,10,12-14H,2-4,6,9,11H2,1H3,(H,23,24)(H,25,26). The summed E-state index contributed by atoms with van der Waals surface area (Å²) in [5.41, 5.74) is 2.56. The van der Waals surface area contributed by atoms with Crippen LogP contribution in [0.5, 0.6) is 5.75 Å². The quantitative estimate of drug-likeness (QED) is 0.635. The molecule has 0 aliphatic heterocycles. The SMILES string of the molecule is COc1ccc(Cl)cc1NC(=O)c1ccnc(NCCC2=CCCCC2)c1. The number of aromatic nitrogens is 1. The second-order valence-corrected chi connectivity index (χ2v) is 6.95. The fourth-order valence-electron chi connectivity index (χ4n) is 3.12. The minimum atomic E-state index is -0.240. The number of hydrogen-bond acceptors (Lipinski definition) is 4. The van der Waals surface area contributed by atoms with Crippen LogP contribution in [0.1, 0.15) is 42.5 Å². The highest BCUT2D eigenvalue weighted by Crippen LogP contribution is 2.28. The number of nitrogens with one attached hydrogen (secondary N) is 2. The Hall–Kier alpha value is -2.53. The molecule has 2 aromatic rings. The van der Waals surface area contributed by atoms with Gasteiger partial charge >= 0.3 is 0 Å². The van der Waals surface area contributed by atoms with Gasteiger partial charge in [-0.15, -0.1) is 0 Å². The minimum Gasteiger partial charge on any atom is -0.495 e. The zero-order valence-electron chi connectivity index (χ0n) is 15.4. The Labute approximate surface area is 164 Å². The Bertz CT molecular complexity index is 836. The maximum Gasteiger partial charge on any atom is 0.255 e. The zero-order chi connectivity index (χ0) is 19.1. The first kappa shape index (κ1) is 19.2. The lowest BCUT2D eigenvalue weighted by Crippen LogP contribution is -2.14. The van der Waals surface area contributed by atoms with Crippen molar-refractivity contribution in [3.05, 3.63) is 58.8 Å². The Morgan fingerprint density at radius 2 is 2.15 bits per heavy atom. The normalized spacial score (nSPS) is 13.6. The third-order valence-corrected chi connectivity index (χ3v) is 4.80. The van der Waals surface area contributed by atoms with E-state index in [0.717, 1.165) is 13.0 Å². The second kappa shape index (κ2) is 9.42. The summed E-state index contributed by atoms with van der Waals surface area (Å²) in [6.45, 7) is 0.812. The molecule has 1 aliphatic rings.